The van der Waals surface area contributed by atoms with Gasteiger partial charge >= 0.3 is 11.9 Å². The smallest absolute Gasteiger partial charge is 0.321 e. The van der Waals surface area contributed by atoms with Gasteiger partial charge in [0.2, 0.25) is 11.8 Å². The molecule has 0 aromatic rings. The van der Waals surface area contributed by atoms with Gasteiger partial charge in [-0.15, -0.1) is 0 Å². The number of hydrogen-bond donors (Lipinski definition) is 0. The SMILES string of the molecule is CC(C)(C)OC(=O)CS(=O)(=O)CCCN1C(=O)C2C3C=CC(O3)C2C1=O.CC(C)(C)OC(=O)CS(=O)(=O)CCCN1C(=O)C=CC1=O. The van der Waals surface area contributed by atoms with Crippen molar-refractivity contribution in [3.05, 3.63) is 24.3 Å². The van der Waals surface area contributed by atoms with Crippen LogP contribution in [0.15, 0.2) is 24.3 Å². The van der Waals surface area contributed by atoms with E-state index in [2.05, 4.69) is 0 Å². The number of ether oxygens (including phenoxy) is 3. The first-order valence-corrected chi connectivity index (χ1v) is 18.7. The van der Waals surface area contributed by atoms with Crippen LogP contribution < -0.4 is 0 Å². The standard InChI is InChI=1S/C17H23NO7S.C13H19NO6S/c1-17(2,3)25-12(19)9-26(22,23)8-4-7-18-15(20)13-10-5-6-11(24-10)14(13)16(18)21;1-13(2,3)20-12(17)9-21(18,19)8-4-7-14-10(15)5-6-11(14)16/h5-6,10-11,13-14H,4,7-9H2,1-3H3;5-6H,4,7-9H2,1-3H3. The summed E-state index contributed by atoms with van der Waals surface area (Å²) < 4.78 is 63.1. The lowest BCUT2D eigenvalue weighted by atomic mass is 9.85. The zero-order valence-electron chi connectivity index (χ0n) is 27.3. The van der Waals surface area contributed by atoms with Gasteiger partial charge in [0.25, 0.3) is 11.8 Å². The molecule has 0 saturated carbocycles. The maximum absolute atomic E-state index is 12.4. The third-order valence-electron chi connectivity index (χ3n) is 7.09. The maximum Gasteiger partial charge on any atom is 0.321 e. The first kappa shape index (κ1) is 38.0. The summed E-state index contributed by atoms with van der Waals surface area (Å²) in [6.07, 6.45) is 5.33. The number of amides is 4. The fourth-order valence-electron chi connectivity index (χ4n) is 5.37. The minimum absolute atomic E-state index is 0.0121. The molecule has 4 aliphatic heterocycles. The van der Waals surface area contributed by atoms with Crippen LogP contribution in [0.2, 0.25) is 0 Å². The van der Waals surface area contributed by atoms with E-state index in [9.17, 15) is 45.6 Å². The molecule has 0 aromatic carbocycles. The van der Waals surface area contributed by atoms with Gasteiger partial charge in [-0.3, -0.25) is 38.6 Å². The summed E-state index contributed by atoms with van der Waals surface area (Å²) in [5.41, 5.74) is -1.50. The second-order valence-corrected chi connectivity index (χ2v) is 17.9. The molecule has 4 rings (SSSR count). The van der Waals surface area contributed by atoms with Crippen LogP contribution in [0.5, 0.6) is 0 Å². The van der Waals surface area contributed by atoms with E-state index in [-0.39, 0.29) is 61.5 Å². The molecule has 4 heterocycles. The van der Waals surface area contributed by atoms with Crippen molar-refractivity contribution in [2.24, 2.45) is 11.8 Å². The first-order valence-electron chi connectivity index (χ1n) is 15.1. The molecule has 0 aliphatic carbocycles. The van der Waals surface area contributed by atoms with Gasteiger partial charge in [-0.05, 0) is 54.4 Å². The molecule has 0 N–H and O–H groups in total. The normalized spacial score (nSPS) is 23.7. The summed E-state index contributed by atoms with van der Waals surface area (Å²) in [6, 6.07) is 0. The van der Waals surface area contributed by atoms with Crippen LogP contribution >= 0.6 is 0 Å². The summed E-state index contributed by atoms with van der Waals surface area (Å²) >= 11 is 0. The van der Waals surface area contributed by atoms with Gasteiger partial charge in [-0.1, -0.05) is 12.2 Å². The summed E-state index contributed by atoms with van der Waals surface area (Å²) in [6.45, 7) is 9.95. The minimum Gasteiger partial charge on any atom is -0.459 e. The Morgan fingerprint density at radius 1 is 0.681 bits per heavy atom. The molecule has 17 heteroatoms. The Labute approximate surface area is 274 Å². The quantitative estimate of drug-likeness (QED) is 0.151. The monoisotopic (exact) mass is 702 g/mol. The van der Waals surface area contributed by atoms with E-state index < -0.39 is 78.0 Å². The number of imide groups is 2. The molecule has 4 atom stereocenters. The molecule has 15 nitrogen and oxygen atoms in total. The molecular formula is C30H42N2O13S2. The van der Waals surface area contributed by atoms with Crippen LogP contribution in [-0.2, 0) is 62.7 Å². The molecule has 4 unspecified atom stereocenters. The van der Waals surface area contributed by atoms with E-state index in [1.54, 1.807) is 53.7 Å². The number of nitrogens with zero attached hydrogens (tertiary/aromatic N) is 2. The van der Waals surface area contributed by atoms with Gasteiger partial charge in [-0.25, -0.2) is 16.8 Å². The highest BCUT2D eigenvalue weighted by Crippen LogP contribution is 2.45. The topological polar surface area (TPSA) is 205 Å². The van der Waals surface area contributed by atoms with Gasteiger partial charge in [0.1, 0.15) is 22.7 Å². The first-order chi connectivity index (χ1) is 21.5. The van der Waals surface area contributed by atoms with E-state index in [0.717, 1.165) is 22.0 Å². The molecule has 2 saturated heterocycles. The molecule has 0 spiro atoms. The van der Waals surface area contributed by atoms with Gasteiger partial charge in [-0.2, -0.15) is 0 Å². The fourth-order valence-corrected chi connectivity index (χ4v) is 7.63. The number of fused-ring (bicyclic) bond motifs is 5. The molecule has 262 valence electrons. The van der Waals surface area contributed by atoms with Crippen LogP contribution in [0.25, 0.3) is 0 Å². The van der Waals surface area contributed by atoms with Crippen molar-refractivity contribution in [1.82, 2.24) is 9.80 Å². The lowest BCUT2D eigenvalue weighted by Crippen LogP contribution is -2.36. The molecule has 47 heavy (non-hydrogen) atoms. The summed E-state index contributed by atoms with van der Waals surface area (Å²) in [7, 11) is -7.29. The highest BCUT2D eigenvalue weighted by molar-refractivity contribution is 7.92. The second-order valence-electron chi connectivity index (χ2n) is 13.6. The zero-order chi connectivity index (χ0) is 35.5. The Hall–Kier alpha value is -3.44. The van der Waals surface area contributed by atoms with E-state index in [4.69, 9.17) is 14.2 Å². The molecule has 4 amide bonds. The number of likely N-dealkylation sites (tertiary alicyclic amines) is 1. The highest BCUT2D eigenvalue weighted by atomic mass is 32.2. The van der Waals surface area contributed by atoms with E-state index in [1.807, 2.05) is 0 Å². The predicted octanol–water partition coefficient (Wildman–Crippen LogP) is 0.129. The molecule has 0 radical (unpaired) electrons. The van der Waals surface area contributed by atoms with Gasteiger partial charge in [0.05, 0.1) is 35.5 Å². The molecule has 0 aromatic heterocycles. The van der Waals surface area contributed by atoms with E-state index in [0.29, 0.717) is 0 Å². The Morgan fingerprint density at radius 3 is 1.40 bits per heavy atom. The van der Waals surface area contributed by atoms with Crippen LogP contribution in [-0.4, -0.2) is 122 Å². The molecule has 4 aliphatic rings. The van der Waals surface area contributed by atoms with E-state index >= 15 is 0 Å². The number of hydrogen-bond acceptors (Lipinski definition) is 13. The van der Waals surface area contributed by atoms with Crippen molar-refractivity contribution in [2.45, 2.75) is 77.8 Å². The summed E-state index contributed by atoms with van der Waals surface area (Å²) in [5, 5.41) is 0. The van der Waals surface area contributed by atoms with Crippen molar-refractivity contribution in [1.29, 1.82) is 0 Å². The Bertz CT molecular complexity index is 1520. The summed E-state index contributed by atoms with van der Waals surface area (Å²) in [5.74, 6) is -6.10. The van der Waals surface area contributed by atoms with Crippen molar-refractivity contribution in [2.75, 3.05) is 36.1 Å². The van der Waals surface area contributed by atoms with Gasteiger partial charge in [0, 0.05) is 25.2 Å². The van der Waals surface area contributed by atoms with Crippen LogP contribution in [0.3, 0.4) is 0 Å². The fraction of sp³-hybridized carbons (Fsp3) is 0.667. The van der Waals surface area contributed by atoms with Crippen molar-refractivity contribution in [3.63, 3.8) is 0 Å². The number of sulfone groups is 2. The minimum atomic E-state index is -3.67. The van der Waals surface area contributed by atoms with Crippen LogP contribution in [0.1, 0.15) is 54.4 Å². The lowest BCUT2D eigenvalue weighted by Gasteiger charge is -2.19. The van der Waals surface area contributed by atoms with Crippen LogP contribution in [0.4, 0.5) is 0 Å². The maximum atomic E-state index is 12.4. The van der Waals surface area contributed by atoms with Crippen molar-refractivity contribution in [3.8, 4) is 0 Å². The van der Waals surface area contributed by atoms with Gasteiger partial charge < -0.3 is 14.2 Å². The van der Waals surface area contributed by atoms with E-state index in [1.165, 1.54) is 0 Å². The average Bonchev–Trinajstić information content (AvgIpc) is 3.63. The highest BCUT2D eigenvalue weighted by Gasteiger charge is 2.60. The molecule has 2 bridgehead atoms. The van der Waals surface area contributed by atoms with Crippen LogP contribution in [0, 0.1) is 11.8 Å². The number of esters is 2. The molecule has 2 fully saturated rings. The number of carbonyl (C=O) groups is 6. The number of carbonyl (C=O) groups excluding carboxylic acids is 6. The van der Waals surface area contributed by atoms with Crippen molar-refractivity contribution < 1.29 is 59.8 Å². The second kappa shape index (κ2) is 14.4. The predicted molar refractivity (Wildman–Crippen MR) is 166 cm³/mol. The Balaban J connectivity index is 0.000000262. The largest absolute Gasteiger partial charge is 0.459 e. The Morgan fingerprint density at radius 2 is 1.04 bits per heavy atom. The Kier molecular flexibility index (Phi) is 11.6. The summed E-state index contributed by atoms with van der Waals surface area (Å²) in [4.78, 5) is 72.7. The third-order valence-corrected chi connectivity index (χ3v) is 10.3. The number of rotatable bonds is 12. The van der Waals surface area contributed by atoms with Gasteiger partial charge in [0.15, 0.2) is 19.7 Å². The van der Waals surface area contributed by atoms with Crippen molar-refractivity contribution >= 4 is 55.2 Å². The lowest BCUT2D eigenvalue weighted by molar-refractivity contribution is -0.152. The zero-order valence-corrected chi connectivity index (χ0v) is 28.9. The average molecular weight is 703 g/mol. The molecular weight excluding hydrogens is 660 g/mol. The third kappa shape index (κ3) is 10.8.